The molecule has 1 aliphatic rings. The van der Waals surface area contributed by atoms with E-state index in [0.29, 0.717) is 24.3 Å². The lowest BCUT2D eigenvalue weighted by Crippen LogP contribution is -2.28. The van der Waals surface area contributed by atoms with Crippen LogP contribution >= 0.6 is 0 Å². The summed E-state index contributed by atoms with van der Waals surface area (Å²) in [7, 11) is -4.05. The quantitative estimate of drug-likeness (QED) is 0.0402. The predicted molar refractivity (Wildman–Crippen MR) is 193 cm³/mol. The van der Waals surface area contributed by atoms with Crippen LogP contribution in [0.2, 0.25) is 0 Å². The van der Waals surface area contributed by atoms with Gasteiger partial charge in [0.2, 0.25) is 5.69 Å². The summed E-state index contributed by atoms with van der Waals surface area (Å²) in [6.45, 7) is 6.89. The highest BCUT2D eigenvalue weighted by Crippen LogP contribution is 2.40. The Morgan fingerprint density at radius 3 is 1.96 bits per heavy atom. The number of rotatable bonds is 23. The molecule has 0 spiro atoms. The van der Waals surface area contributed by atoms with Gasteiger partial charge in [-0.3, -0.25) is 9.35 Å². The Labute approximate surface area is 283 Å². The zero-order valence-electron chi connectivity index (χ0n) is 29.0. The molecule has 0 amide bonds. The first-order valence-corrected chi connectivity index (χ1v) is 19.5. The van der Waals surface area contributed by atoms with Gasteiger partial charge in [-0.1, -0.05) is 115 Å². The van der Waals surface area contributed by atoms with Gasteiger partial charge in [0, 0.05) is 42.2 Å². The summed E-state index contributed by atoms with van der Waals surface area (Å²) >= 11 is 0. The number of phenols is 1. The van der Waals surface area contributed by atoms with E-state index in [1.54, 1.807) is 12.1 Å². The number of nitrogens with zero attached hydrogens (tertiary/aromatic N) is 1. The molecule has 0 unspecified atom stereocenters. The second-order valence-electron chi connectivity index (χ2n) is 13.5. The molecular weight excluding hydrogens is 610 g/mol. The summed E-state index contributed by atoms with van der Waals surface area (Å²) in [6, 6.07) is 12.9. The normalized spacial score (nSPS) is 14.2. The summed E-state index contributed by atoms with van der Waals surface area (Å²) in [5, 5.41) is 10.7. The van der Waals surface area contributed by atoms with E-state index >= 15 is 0 Å². The lowest BCUT2D eigenvalue weighted by molar-refractivity contribution is -0.437. The van der Waals surface area contributed by atoms with Crippen molar-refractivity contribution in [3.8, 4) is 11.5 Å². The monoisotopic (exact) mass is 668 g/mol. The lowest BCUT2D eigenvalue weighted by atomic mass is 9.81. The average molecular weight is 669 g/mol. The van der Waals surface area contributed by atoms with Crippen LogP contribution in [0.4, 0.5) is 5.69 Å². The van der Waals surface area contributed by atoms with E-state index in [0.717, 1.165) is 36.2 Å². The van der Waals surface area contributed by atoms with Crippen LogP contribution in [0.25, 0.3) is 6.08 Å². The van der Waals surface area contributed by atoms with Crippen LogP contribution in [0.15, 0.2) is 48.5 Å². The van der Waals surface area contributed by atoms with Gasteiger partial charge >= 0.3 is 5.97 Å². The van der Waals surface area contributed by atoms with E-state index in [-0.39, 0.29) is 29.3 Å². The Morgan fingerprint density at radius 2 is 1.38 bits per heavy atom. The van der Waals surface area contributed by atoms with Crippen molar-refractivity contribution in [2.75, 3.05) is 12.3 Å². The number of hydrogen-bond donors (Lipinski definition) is 2. The Hall–Kier alpha value is -2.97. The minimum atomic E-state index is -4.05. The summed E-state index contributed by atoms with van der Waals surface area (Å²) < 4.78 is 39.5. The number of aromatic hydroxyl groups is 1. The van der Waals surface area contributed by atoms with E-state index in [1.807, 2.05) is 30.4 Å². The van der Waals surface area contributed by atoms with E-state index in [4.69, 9.17) is 4.74 Å². The van der Waals surface area contributed by atoms with Crippen molar-refractivity contribution in [3.63, 3.8) is 0 Å². The highest BCUT2D eigenvalue weighted by atomic mass is 32.2. The molecule has 7 nitrogen and oxygen atoms in total. The minimum Gasteiger partial charge on any atom is -0.507 e. The van der Waals surface area contributed by atoms with Crippen molar-refractivity contribution in [3.05, 3.63) is 59.7 Å². The molecule has 0 fully saturated rings. The first-order valence-electron chi connectivity index (χ1n) is 17.9. The average Bonchev–Trinajstić information content (AvgIpc) is 3.23. The molecule has 0 saturated carbocycles. The molecule has 0 bridgehead atoms. The summed E-state index contributed by atoms with van der Waals surface area (Å²) in [5.41, 5.74) is 3.28. The molecule has 2 aromatic rings. The number of hydrogen-bond acceptors (Lipinski definition) is 5. The van der Waals surface area contributed by atoms with E-state index in [2.05, 4.69) is 31.4 Å². The molecule has 1 heterocycles. The fourth-order valence-electron chi connectivity index (χ4n) is 6.51. The molecule has 260 valence electrons. The van der Waals surface area contributed by atoms with Gasteiger partial charge in [-0.15, -0.1) is 0 Å². The van der Waals surface area contributed by atoms with Gasteiger partial charge in [0.05, 0.1) is 11.2 Å². The molecule has 0 aromatic heterocycles. The predicted octanol–water partition coefficient (Wildman–Crippen LogP) is 9.93. The number of carbonyl (C=O) groups excluding carboxylic acids is 1. The topological polar surface area (TPSA) is 104 Å². The van der Waals surface area contributed by atoms with E-state index in [1.165, 1.54) is 83.1 Å². The van der Waals surface area contributed by atoms with Crippen LogP contribution in [0.1, 0.15) is 141 Å². The van der Waals surface area contributed by atoms with Crippen LogP contribution in [0, 0.1) is 0 Å². The fraction of sp³-hybridized carbons (Fsp3) is 0.590. The van der Waals surface area contributed by atoms with Crippen LogP contribution in [0.3, 0.4) is 0 Å². The van der Waals surface area contributed by atoms with Crippen molar-refractivity contribution in [2.45, 2.75) is 135 Å². The molecule has 2 N–H and O–H groups in total. The standard InChI is InChI=1S/C39H57NO6S/c1-4-5-6-7-8-9-10-11-12-13-14-15-16-17-18-24-38(42)46-33-27-25-32(36(41)31-33)26-28-37-39(2,3)34-22-19-20-23-35(34)40(37)29-21-30-47(43,44)45/h19-20,22-23,25-28,31H,4-18,21,24,29-30H2,1-3H3,(H,43,44,45)/p+1. The van der Waals surface area contributed by atoms with Crippen molar-refractivity contribution in [2.24, 2.45) is 0 Å². The van der Waals surface area contributed by atoms with Gasteiger partial charge in [0.25, 0.3) is 10.1 Å². The Balaban J connectivity index is 1.41. The number of phenolic OH excluding ortho intramolecular Hbond substituents is 1. The summed E-state index contributed by atoms with van der Waals surface area (Å²) in [5.74, 6) is -0.281. The van der Waals surface area contributed by atoms with Crippen LogP contribution in [0.5, 0.6) is 11.5 Å². The first kappa shape index (κ1) is 38.5. The van der Waals surface area contributed by atoms with Crippen molar-refractivity contribution >= 4 is 33.6 Å². The SMILES string of the molecule is CCCCCCCCCCCCCCCCCC(=O)Oc1ccc(/C=C/C2=[N+](CCCS(=O)(=O)O)c3ccccc3C2(C)C)c(O)c1. The Bertz CT molecular complexity index is 1440. The van der Waals surface area contributed by atoms with Gasteiger partial charge in [-0.05, 0) is 38.5 Å². The second kappa shape index (κ2) is 19.8. The minimum absolute atomic E-state index is 0.00497. The molecule has 47 heavy (non-hydrogen) atoms. The van der Waals surface area contributed by atoms with Crippen LogP contribution in [-0.4, -0.2) is 46.6 Å². The molecule has 0 atom stereocenters. The van der Waals surface area contributed by atoms with E-state index < -0.39 is 10.1 Å². The molecule has 3 rings (SSSR count). The molecule has 2 aromatic carbocycles. The number of benzene rings is 2. The fourth-order valence-corrected chi connectivity index (χ4v) is 7.00. The van der Waals surface area contributed by atoms with Crippen molar-refractivity contribution in [1.82, 2.24) is 0 Å². The highest BCUT2D eigenvalue weighted by Gasteiger charge is 2.43. The van der Waals surface area contributed by atoms with Crippen LogP contribution < -0.4 is 4.74 Å². The lowest BCUT2D eigenvalue weighted by Gasteiger charge is -2.15. The third-order valence-corrected chi connectivity index (χ3v) is 10.0. The van der Waals surface area contributed by atoms with Gasteiger partial charge in [0.1, 0.15) is 18.0 Å². The summed E-state index contributed by atoms with van der Waals surface area (Å²) in [6.07, 6.45) is 23.5. The van der Waals surface area contributed by atoms with Crippen LogP contribution in [-0.2, 0) is 20.3 Å². The number of para-hydroxylation sites is 1. The van der Waals surface area contributed by atoms with Gasteiger partial charge in [0.15, 0.2) is 5.71 Å². The first-order chi connectivity index (χ1) is 22.5. The van der Waals surface area contributed by atoms with Gasteiger partial charge < -0.3 is 9.84 Å². The zero-order valence-corrected chi connectivity index (χ0v) is 29.8. The van der Waals surface area contributed by atoms with E-state index in [9.17, 15) is 22.9 Å². The number of allylic oxidation sites excluding steroid dienone is 1. The molecule has 0 radical (unpaired) electrons. The Kier molecular flexibility index (Phi) is 16.2. The third-order valence-electron chi connectivity index (χ3n) is 9.22. The van der Waals surface area contributed by atoms with Crippen molar-refractivity contribution < 1.29 is 32.2 Å². The Morgan fingerprint density at radius 1 is 0.809 bits per heavy atom. The summed E-state index contributed by atoms with van der Waals surface area (Å²) in [4.78, 5) is 12.4. The number of esters is 1. The number of carbonyl (C=O) groups is 1. The maximum absolute atomic E-state index is 12.4. The third kappa shape index (κ3) is 13.2. The van der Waals surface area contributed by atoms with Gasteiger partial charge in [-0.2, -0.15) is 13.0 Å². The number of ether oxygens (including phenoxy) is 1. The molecule has 0 saturated heterocycles. The second-order valence-corrected chi connectivity index (χ2v) is 15.1. The molecule has 0 aliphatic carbocycles. The zero-order chi connectivity index (χ0) is 34.1. The maximum atomic E-state index is 12.4. The highest BCUT2D eigenvalue weighted by molar-refractivity contribution is 7.85. The molecule has 8 heteroatoms. The van der Waals surface area contributed by atoms with Crippen molar-refractivity contribution in [1.29, 1.82) is 0 Å². The van der Waals surface area contributed by atoms with Gasteiger partial charge in [-0.25, -0.2) is 0 Å². The largest absolute Gasteiger partial charge is 0.507 e. The number of fused-ring (bicyclic) bond motifs is 1. The molecular formula is C39H58NO6S+. The maximum Gasteiger partial charge on any atom is 0.311 e. The number of unbranched alkanes of at least 4 members (excludes halogenated alkanes) is 14. The smallest absolute Gasteiger partial charge is 0.311 e. The molecule has 1 aliphatic heterocycles.